The van der Waals surface area contributed by atoms with Crippen LogP contribution in [0.15, 0.2) is 66.7 Å². The lowest BCUT2D eigenvalue weighted by atomic mass is 10.1. The average Bonchev–Trinajstić information content (AvgIpc) is 2.46. The van der Waals surface area contributed by atoms with Crippen LogP contribution in [0.3, 0.4) is 0 Å². The number of ketones is 1. The number of hydrogen-bond donors (Lipinski definition) is 2. The van der Waals surface area contributed by atoms with Gasteiger partial charge in [0, 0.05) is 10.1 Å². The van der Waals surface area contributed by atoms with Gasteiger partial charge in [0.15, 0.2) is 5.78 Å². The van der Waals surface area contributed by atoms with Crippen molar-refractivity contribution in [2.24, 2.45) is 0 Å². The van der Waals surface area contributed by atoms with Crippen molar-refractivity contribution < 1.29 is 19.1 Å². The summed E-state index contributed by atoms with van der Waals surface area (Å²) in [6, 6.07) is 19.1. The Hall–Kier alpha value is -2.13. The number of benzene rings is 2. The Morgan fingerprint density at radius 2 is 1.35 bits per heavy atom. The first kappa shape index (κ1) is 15.9. The molecule has 0 saturated heterocycles. The van der Waals surface area contributed by atoms with Gasteiger partial charge in [0.05, 0.1) is 0 Å². The van der Waals surface area contributed by atoms with E-state index in [1.807, 2.05) is 66.7 Å². The van der Waals surface area contributed by atoms with Crippen LogP contribution in [0.2, 0.25) is 0 Å². The first-order valence-electron chi connectivity index (χ1n) is 5.77. The zero-order valence-electron chi connectivity index (χ0n) is 10.6. The topological polar surface area (TPSA) is 74.6 Å². The summed E-state index contributed by atoms with van der Waals surface area (Å²) < 4.78 is 8.70. The molecule has 0 aromatic heterocycles. The molecule has 0 aliphatic rings. The number of carbonyl (C=O) groups excluding carboxylic acids is 1. The van der Waals surface area contributed by atoms with Gasteiger partial charge < -0.3 is 0 Å². The molecule has 0 unspecified atom stereocenters. The maximum absolute atomic E-state index is 11.7. The molecule has 102 valence electrons. The Balaban J connectivity index is 0.000000444. The molecule has 0 heterocycles. The standard InChI is InChI=1S/C15H12O.HO3P/c16-15(14-9-5-2-6-10-14)12-11-13-7-3-1-4-8-13;1-4(2)3/h1-12H;(H-,1,2,3)/p+1. The maximum atomic E-state index is 11.7. The van der Waals surface area contributed by atoms with Crippen molar-refractivity contribution in [2.45, 2.75) is 0 Å². The van der Waals surface area contributed by atoms with E-state index >= 15 is 0 Å². The first-order valence-corrected chi connectivity index (χ1v) is 6.93. The molecule has 20 heavy (non-hydrogen) atoms. The quantitative estimate of drug-likeness (QED) is 0.517. The van der Waals surface area contributed by atoms with E-state index in [0.29, 0.717) is 0 Å². The number of hydrogen-bond acceptors (Lipinski definition) is 2. The number of rotatable bonds is 3. The summed E-state index contributed by atoms with van der Waals surface area (Å²) in [6.45, 7) is 0. The fraction of sp³-hybridized carbons (Fsp3) is 0. The van der Waals surface area contributed by atoms with Crippen LogP contribution in [0.5, 0.6) is 0 Å². The van der Waals surface area contributed by atoms with E-state index < -0.39 is 8.25 Å². The van der Waals surface area contributed by atoms with E-state index in [4.69, 9.17) is 14.4 Å². The predicted octanol–water partition coefficient (Wildman–Crippen LogP) is 3.21. The molecule has 5 heteroatoms. The zero-order valence-corrected chi connectivity index (χ0v) is 11.5. The zero-order chi connectivity index (χ0) is 14.8. The summed E-state index contributed by atoms with van der Waals surface area (Å²) in [5.41, 5.74) is 1.75. The van der Waals surface area contributed by atoms with E-state index in [9.17, 15) is 4.79 Å². The summed E-state index contributed by atoms with van der Waals surface area (Å²) in [5.74, 6) is 0.0319. The molecule has 0 atom stereocenters. The molecule has 2 rings (SSSR count). The minimum absolute atomic E-state index is 0.0319. The summed E-state index contributed by atoms with van der Waals surface area (Å²) in [7, 11) is -2.87. The highest BCUT2D eigenvalue weighted by molar-refractivity contribution is 7.30. The van der Waals surface area contributed by atoms with E-state index in [2.05, 4.69) is 0 Å². The maximum Gasteiger partial charge on any atom is 0.692 e. The second-order valence-electron chi connectivity index (χ2n) is 3.73. The molecule has 0 aliphatic carbocycles. The molecule has 0 radical (unpaired) electrons. The monoisotopic (exact) mass is 289 g/mol. The van der Waals surface area contributed by atoms with Gasteiger partial charge >= 0.3 is 8.25 Å². The van der Waals surface area contributed by atoms with Crippen LogP contribution < -0.4 is 0 Å². The molecule has 0 fully saturated rings. The second-order valence-corrected chi connectivity index (χ2v) is 4.23. The van der Waals surface area contributed by atoms with Crippen molar-refractivity contribution in [3.63, 3.8) is 0 Å². The lowest BCUT2D eigenvalue weighted by molar-refractivity contribution is 0.104. The van der Waals surface area contributed by atoms with E-state index in [0.717, 1.165) is 11.1 Å². The molecule has 2 N–H and O–H groups in total. The Morgan fingerprint density at radius 3 is 1.85 bits per heavy atom. The van der Waals surface area contributed by atoms with Crippen molar-refractivity contribution in [3.8, 4) is 0 Å². The minimum atomic E-state index is -2.87. The highest BCUT2D eigenvalue weighted by Crippen LogP contribution is 2.05. The molecular formula is C15H14O4P+. The number of allylic oxidation sites excluding steroid dienone is 1. The van der Waals surface area contributed by atoms with Crippen molar-refractivity contribution in [1.29, 1.82) is 0 Å². The third kappa shape index (κ3) is 6.71. The molecule has 4 nitrogen and oxygen atoms in total. The van der Waals surface area contributed by atoms with Crippen LogP contribution in [0, 0.1) is 0 Å². The second kappa shape index (κ2) is 8.88. The smallest absolute Gasteiger partial charge is 0.289 e. The van der Waals surface area contributed by atoms with Crippen molar-refractivity contribution >= 4 is 20.1 Å². The van der Waals surface area contributed by atoms with Gasteiger partial charge in [-0.1, -0.05) is 66.7 Å². The van der Waals surface area contributed by atoms with Crippen molar-refractivity contribution in [1.82, 2.24) is 0 Å². The first-order chi connectivity index (χ1) is 9.59. The Kier molecular flexibility index (Phi) is 7.07. The van der Waals surface area contributed by atoms with E-state index in [-0.39, 0.29) is 5.78 Å². The van der Waals surface area contributed by atoms with Gasteiger partial charge in [0.25, 0.3) is 0 Å². The Bertz CT molecular complexity index is 575. The summed E-state index contributed by atoms with van der Waals surface area (Å²) in [4.78, 5) is 26.0. The number of carbonyl (C=O) groups is 1. The molecule has 2 aromatic carbocycles. The fourth-order valence-corrected chi connectivity index (χ4v) is 1.43. The highest BCUT2D eigenvalue weighted by atomic mass is 31.1. The largest absolute Gasteiger partial charge is 0.692 e. The van der Waals surface area contributed by atoms with Gasteiger partial charge in [-0.15, -0.1) is 9.79 Å². The molecular weight excluding hydrogens is 275 g/mol. The minimum Gasteiger partial charge on any atom is -0.289 e. The van der Waals surface area contributed by atoms with Crippen LogP contribution >= 0.6 is 8.25 Å². The molecule has 0 aliphatic heterocycles. The van der Waals surface area contributed by atoms with Gasteiger partial charge in [-0.05, 0) is 11.6 Å². The average molecular weight is 289 g/mol. The third-order valence-corrected chi connectivity index (χ3v) is 2.29. The van der Waals surface area contributed by atoms with Crippen LogP contribution in [0.1, 0.15) is 15.9 Å². The van der Waals surface area contributed by atoms with Crippen LogP contribution in [-0.4, -0.2) is 15.6 Å². The van der Waals surface area contributed by atoms with Gasteiger partial charge in [-0.25, -0.2) is 0 Å². The Labute approximate surface area is 118 Å². The van der Waals surface area contributed by atoms with Crippen LogP contribution in [-0.2, 0) is 4.57 Å². The van der Waals surface area contributed by atoms with Crippen LogP contribution in [0.4, 0.5) is 0 Å². The van der Waals surface area contributed by atoms with E-state index in [1.165, 1.54) is 0 Å². The fourth-order valence-electron chi connectivity index (χ4n) is 1.43. The van der Waals surface area contributed by atoms with Gasteiger partial charge in [-0.3, -0.25) is 4.79 Å². The van der Waals surface area contributed by atoms with Crippen molar-refractivity contribution in [2.75, 3.05) is 0 Å². The molecule has 2 aromatic rings. The molecule has 0 amide bonds. The molecule has 0 bridgehead atoms. The highest BCUT2D eigenvalue weighted by Gasteiger charge is 1.98. The Morgan fingerprint density at radius 1 is 0.900 bits per heavy atom. The summed E-state index contributed by atoms with van der Waals surface area (Å²) in [5, 5.41) is 0. The predicted molar refractivity (Wildman–Crippen MR) is 78.3 cm³/mol. The van der Waals surface area contributed by atoms with Crippen molar-refractivity contribution in [3.05, 3.63) is 77.9 Å². The summed E-state index contributed by atoms with van der Waals surface area (Å²) in [6.07, 6.45) is 3.43. The third-order valence-electron chi connectivity index (χ3n) is 2.29. The van der Waals surface area contributed by atoms with E-state index in [1.54, 1.807) is 6.08 Å². The van der Waals surface area contributed by atoms with Gasteiger partial charge in [0.1, 0.15) is 0 Å². The SMILES string of the molecule is O=C(C=Cc1ccccc1)c1ccccc1.O=[P+](O)O. The molecule has 0 saturated carbocycles. The van der Waals surface area contributed by atoms with Gasteiger partial charge in [0.2, 0.25) is 0 Å². The lowest BCUT2D eigenvalue weighted by Crippen LogP contribution is -1.92. The normalized spacial score (nSPS) is 9.70. The van der Waals surface area contributed by atoms with Gasteiger partial charge in [-0.2, -0.15) is 0 Å². The summed E-state index contributed by atoms with van der Waals surface area (Å²) >= 11 is 0. The lowest BCUT2D eigenvalue weighted by Gasteiger charge is -1.94. The molecule has 0 spiro atoms. The van der Waals surface area contributed by atoms with Crippen LogP contribution in [0.25, 0.3) is 6.08 Å².